The number of carbonyl (C=O) groups excluding carboxylic acids is 1. The molecule has 0 saturated carbocycles. The quantitative estimate of drug-likeness (QED) is 0.834. The van der Waals surface area contributed by atoms with Crippen molar-refractivity contribution >= 4 is 42.1 Å². The molecule has 0 aliphatic carbocycles. The van der Waals surface area contributed by atoms with Gasteiger partial charge < -0.3 is 10.6 Å². The van der Waals surface area contributed by atoms with E-state index in [4.69, 9.17) is 5.73 Å². The second-order valence-electron chi connectivity index (χ2n) is 6.46. The van der Waals surface area contributed by atoms with Gasteiger partial charge in [-0.15, -0.1) is 36.2 Å². The van der Waals surface area contributed by atoms with E-state index in [1.807, 2.05) is 10.3 Å². The van der Waals surface area contributed by atoms with E-state index in [0.717, 1.165) is 30.1 Å². The first-order valence-electron chi connectivity index (χ1n) is 8.13. The van der Waals surface area contributed by atoms with Crippen LogP contribution in [0.1, 0.15) is 42.2 Å². The lowest BCUT2D eigenvalue weighted by molar-refractivity contribution is 0.0783. The molecule has 2 aromatic rings. The number of likely N-dealkylation sites (tertiary alicyclic amines) is 1. The highest BCUT2D eigenvalue weighted by Crippen LogP contribution is 2.27. The number of rotatable bonds is 4. The highest BCUT2D eigenvalue weighted by atomic mass is 35.5. The van der Waals surface area contributed by atoms with E-state index >= 15 is 0 Å². The fourth-order valence-electron chi connectivity index (χ4n) is 2.89. The fourth-order valence-corrected chi connectivity index (χ4v) is 3.69. The Morgan fingerprint density at radius 2 is 2.00 bits per heavy atom. The average Bonchev–Trinajstić information content (AvgIpc) is 3.23. The Balaban J connectivity index is 0.00000156. The minimum atomic E-state index is 0. The number of carbonyl (C=O) groups is 1. The monoisotopic (exact) mass is 401 g/mol. The van der Waals surface area contributed by atoms with Gasteiger partial charge in [0.05, 0.1) is 0 Å². The topological polar surface area (TPSA) is 59.2 Å². The van der Waals surface area contributed by atoms with Crippen LogP contribution < -0.4 is 5.73 Å². The Morgan fingerprint density at radius 3 is 2.56 bits per heavy atom. The molecule has 1 saturated heterocycles. The van der Waals surface area contributed by atoms with Gasteiger partial charge in [-0.25, -0.2) is 4.98 Å². The number of benzene rings is 1. The summed E-state index contributed by atoms with van der Waals surface area (Å²) in [4.78, 5) is 18.9. The Bertz CT molecular complexity index is 688. The molecule has 0 radical (unpaired) electrons. The third-order valence-corrected chi connectivity index (χ3v) is 5.35. The Morgan fingerprint density at radius 1 is 1.32 bits per heavy atom. The number of amides is 1. The molecule has 1 amide bonds. The van der Waals surface area contributed by atoms with Gasteiger partial charge in [0.25, 0.3) is 5.91 Å². The molecule has 7 heteroatoms. The molecule has 0 bridgehead atoms. The lowest BCUT2D eigenvalue weighted by atomic mass is 10.0. The summed E-state index contributed by atoms with van der Waals surface area (Å²) >= 11 is 1.53. The van der Waals surface area contributed by atoms with Crippen molar-refractivity contribution in [1.82, 2.24) is 9.88 Å². The fraction of sp³-hybridized carbons (Fsp3) is 0.444. The Hall–Kier alpha value is -1.14. The average molecular weight is 402 g/mol. The molecule has 1 fully saturated rings. The molecule has 25 heavy (non-hydrogen) atoms. The predicted octanol–water partition coefficient (Wildman–Crippen LogP) is 4.20. The van der Waals surface area contributed by atoms with E-state index in [1.165, 1.54) is 16.9 Å². The van der Waals surface area contributed by atoms with Crippen molar-refractivity contribution in [2.24, 2.45) is 11.7 Å². The number of nitrogens with two attached hydrogens (primary N) is 1. The van der Waals surface area contributed by atoms with Gasteiger partial charge in [-0.05, 0) is 30.4 Å². The number of nitrogens with zero attached hydrogens (tertiary/aromatic N) is 2. The van der Waals surface area contributed by atoms with Crippen LogP contribution in [0.15, 0.2) is 29.6 Å². The van der Waals surface area contributed by atoms with Crippen LogP contribution in [0.2, 0.25) is 0 Å². The second-order valence-corrected chi connectivity index (χ2v) is 7.31. The first-order valence-corrected chi connectivity index (χ1v) is 9.01. The SMILES string of the molecule is CC(C)c1ccc(-c2nc(C(=O)N3CCC(CN)C3)cs2)cc1.Cl.Cl. The molecule has 0 spiro atoms. The molecule has 2 heterocycles. The normalized spacial score (nSPS) is 16.5. The summed E-state index contributed by atoms with van der Waals surface area (Å²) in [6, 6.07) is 8.44. The molecule has 1 atom stereocenters. The molecule has 1 aromatic carbocycles. The van der Waals surface area contributed by atoms with Gasteiger partial charge in [0, 0.05) is 24.0 Å². The highest BCUT2D eigenvalue weighted by molar-refractivity contribution is 7.13. The molecule has 2 N–H and O–H groups in total. The first kappa shape index (κ1) is 21.9. The second kappa shape index (κ2) is 9.53. The zero-order valence-electron chi connectivity index (χ0n) is 14.5. The molecule has 1 aliphatic rings. The van der Waals surface area contributed by atoms with E-state index in [-0.39, 0.29) is 30.7 Å². The summed E-state index contributed by atoms with van der Waals surface area (Å²) in [6.45, 7) is 6.55. The van der Waals surface area contributed by atoms with Crippen molar-refractivity contribution in [3.63, 3.8) is 0 Å². The summed E-state index contributed by atoms with van der Waals surface area (Å²) in [6.07, 6.45) is 0.996. The lowest BCUT2D eigenvalue weighted by Gasteiger charge is -2.14. The van der Waals surface area contributed by atoms with Gasteiger partial charge in [0.2, 0.25) is 0 Å². The van der Waals surface area contributed by atoms with E-state index < -0.39 is 0 Å². The summed E-state index contributed by atoms with van der Waals surface area (Å²) in [5.74, 6) is 0.978. The van der Waals surface area contributed by atoms with Crippen molar-refractivity contribution in [1.29, 1.82) is 0 Å². The van der Waals surface area contributed by atoms with Gasteiger partial charge >= 0.3 is 0 Å². The van der Waals surface area contributed by atoms with Crippen LogP contribution in [0.25, 0.3) is 10.6 Å². The van der Waals surface area contributed by atoms with Crippen molar-refractivity contribution in [2.45, 2.75) is 26.2 Å². The first-order chi connectivity index (χ1) is 11.1. The van der Waals surface area contributed by atoms with Crippen LogP contribution in [0.3, 0.4) is 0 Å². The molecular weight excluding hydrogens is 377 g/mol. The van der Waals surface area contributed by atoms with Crippen LogP contribution in [0, 0.1) is 5.92 Å². The molecule has 138 valence electrons. The van der Waals surface area contributed by atoms with Crippen molar-refractivity contribution in [3.8, 4) is 10.6 Å². The lowest BCUT2D eigenvalue weighted by Crippen LogP contribution is -2.30. The number of thiazole rings is 1. The minimum Gasteiger partial charge on any atom is -0.337 e. The zero-order chi connectivity index (χ0) is 16.4. The Labute approximate surface area is 165 Å². The zero-order valence-corrected chi connectivity index (χ0v) is 16.9. The van der Waals surface area contributed by atoms with Crippen LogP contribution >= 0.6 is 36.2 Å². The summed E-state index contributed by atoms with van der Waals surface area (Å²) in [5, 5.41) is 2.77. The molecule has 3 rings (SSSR count). The highest BCUT2D eigenvalue weighted by Gasteiger charge is 2.27. The van der Waals surface area contributed by atoms with Gasteiger partial charge in [-0.2, -0.15) is 0 Å². The van der Waals surface area contributed by atoms with Crippen LogP contribution in [-0.4, -0.2) is 35.4 Å². The standard InChI is InChI=1S/C18H23N3OS.2ClH/c1-12(2)14-3-5-15(6-4-14)17-20-16(11-23-17)18(22)21-8-7-13(9-19)10-21;;/h3-6,11-13H,7-10,19H2,1-2H3;2*1H. The number of halogens is 2. The smallest absolute Gasteiger partial charge is 0.273 e. The van der Waals surface area contributed by atoms with E-state index in [9.17, 15) is 4.79 Å². The number of hydrogen-bond donors (Lipinski definition) is 1. The number of hydrogen-bond acceptors (Lipinski definition) is 4. The maximum Gasteiger partial charge on any atom is 0.273 e. The molecule has 1 aliphatic heterocycles. The minimum absolute atomic E-state index is 0. The molecule has 4 nitrogen and oxygen atoms in total. The summed E-state index contributed by atoms with van der Waals surface area (Å²) < 4.78 is 0. The molecule has 1 unspecified atom stereocenters. The van der Waals surface area contributed by atoms with Crippen LogP contribution in [0.5, 0.6) is 0 Å². The number of aromatic nitrogens is 1. The largest absolute Gasteiger partial charge is 0.337 e. The molecule has 1 aromatic heterocycles. The predicted molar refractivity (Wildman–Crippen MR) is 109 cm³/mol. The third kappa shape index (κ3) is 4.94. The van der Waals surface area contributed by atoms with Gasteiger partial charge in [0.15, 0.2) is 0 Å². The third-order valence-electron chi connectivity index (χ3n) is 4.45. The van der Waals surface area contributed by atoms with Crippen LogP contribution in [0.4, 0.5) is 0 Å². The maximum atomic E-state index is 12.5. The summed E-state index contributed by atoms with van der Waals surface area (Å²) in [5.41, 5.74) is 8.63. The van der Waals surface area contributed by atoms with E-state index in [2.05, 4.69) is 43.1 Å². The molecular formula is C18H25Cl2N3OS. The van der Waals surface area contributed by atoms with Crippen molar-refractivity contribution in [3.05, 3.63) is 40.9 Å². The maximum absolute atomic E-state index is 12.5. The van der Waals surface area contributed by atoms with E-state index in [1.54, 1.807) is 0 Å². The summed E-state index contributed by atoms with van der Waals surface area (Å²) in [7, 11) is 0. The van der Waals surface area contributed by atoms with E-state index in [0.29, 0.717) is 24.1 Å². The van der Waals surface area contributed by atoms with Gasteiger partial charge in [-0.1, -0.05) is 38.1 Å². The van der Waals surface area contributed by atoms with Gasteiger partial charge in [0.1, 0.15) is 10.7 Å². The van der Waals surface area contributed by atoms with Crippen LogP contribution in [-0.2, 0) is 0 Å². The Kier molecular flexibility index (Phi) is 8.35. The van der Waals surface area contributed by atoms with Gasteiger partial charge in [-0.3, -0.25) is 4.79 Å². The van der Waals surface area contributed by atoms with Crippen molar-refractivity contribution in [2.75, 3.05) is 19.6 Å². The van der Waals surface area contributed by atoms with Crippen molar-refractivity contribution < 1.29 is 4.79 Å².